The van der Waals surface area contributed by atoms with E-state index in [1.165, 1.54) is 43.5 Å². The van der Waals surface area contributed by atoms with E-state index in [-0.39, 0.29) is 21.8 Å². The van der Waals surface area contributed by atoms with Gasteiger partial charge in [0, 0.05) is 7.11 Å². The van der Waals surface area contributed by atoms with Crippen molar-refractivity contribution in [2.45, 2.75) is 36.4 Å². The van der Waals surface area contributed by atoms with E-state index in [0.29, 0.717) is 0 Å². The van der Waals surface area contributed by atoms with Gasteiger partial charge in [-0.3, -0.25) is 4.18 Å². The number of hydrogen-bond acceptors (Lipinski definition) is 9. The molecule has 10 heteroatoms. The summed E-state index contributed by atoms with van der Waals surface area (Å²) >= 11 is 0. The van der Waals surface area contributed by atoms with Crippen LogP contribution in [0.2, 0.25) is 0 Å². The second kappa shape index (κ2) is 11.6. The van der Waals surface area contributed by atoms with Gasteiger partial charge >= 0.3 is 11.9 Å². The molecule has 0 N–H and O–H groups in total. The maximum Gasteiger partial charge on any atom is 0.338 e. The second-order valence-electron chi connectivity index (χ2n) is 8.44. The van der Waals surface area contributed by atoms with Crippen molar-refractivity contribution in [1.82, 2.24) is 0 Å². The van der Waals surface area contributed by atoms with Gasteiger partial charge in [0.05, 0.1) is 16.0 Å². The summed E-state index contributed by atoms with van der Waals surface area (Å²) in [6.45, 7) is 5.60. The van der Waals surface area contributed by atoms with Crippen LogP contribution in [0, 0.1) is 6.92 Å². The molecule has 1 heterocycles. The monoisotopic (exact) mass is 538 g/mol. The van der Waals surface area contributed by atoms with Crippen molar-refractivity contribution in [2.24, 2.45) is 0 Å². The summed E-state index contributed by atoms with van der Waals surface area (Å²) < 4.78 is 54.3. The van der Waals surface area contributed by atoms with Crippen LogP contribution in [-0.2, 0) is 33.2 Å². The van der Waals surface area contributed by atoms with E-state index >= 15 is 0 Å². The lowest BCUT2D eigenvalue weighted by Gasteiger charge is -2.41. The molecule has 0 radical (unpaired) electrons. The minimum atomic E-state index is -4.40. The fourth-order valence-electron chi connectivity index (χ4n) is 3.77. The topological polar surface area (TPSA) is 114 Å². The standard InChI is InChI=1S/C28H26O9S/c1-18-14-16-22(17-15-18)38(31,32)37-25-24(36-27(30)21-12-8-5-9-13-21)23(19(2)34-28(25)33-3)35-26(29)20-10-6-4-7-11-20/h4-17,23-25,28H,2H2,1,3H3/t23-,24+,25-,28+/m1/s1. The summed E-state index contributed by atoms with van der Waals surface area (Å²) in [6.07, 6.45) is -5.83. The van der Waals surface area contributed by atoms with Gasteiger partial charge < -0.3 is 18.9 Å². The minimum absolute atomic E-state index is 0.112. The molecule has 4 atom stereocenters. The van der Waals surface area contributed by atoms with Crippen LogP contribution in [0.5, 0.6) is 0 Å². The summed E-state index contributed by atoms with van der Waals surface area (Å²) in [7, 11) is -3.13. The number of ether oxygens (including phenoxy) is 4. The van der Waals surface area contributed by atoms with E-state index in [1.54, 1.807) is 48.5 Å². The van der Waals surface area contributed by atoms with Gasteiger partial charge in [-0.2, -0.15) is 8.42 Å². The molecule has 0 spiro atoms. The first-order chi connectivity index (χ1) is 18.2. The molecule has 0 saturated carbocycles. The lowest BCUT2D eigenvalue weighted by atomic mass is 10.0. The fourth-order valence-corrected chi connectivity index (χ4v) is 4.84. The third kappa shape index (κ3) is 6.10. The Hall–Kier alpha value is -3.99. The molecule has 3 aromatic rings. The highest BCUT2D eigenvalue weighted by atomic mass is 32.2. The molecule has 198 valence electrons. The Balaban J connectivity index is 1.71. The van der Waals surface area contributed by atoms with Crippen molar-refractivity contribution in [3.63, 3.8) is 0 Å². The van der Waals surface area contributed by atoms with E-state index in [1.807, 2.05) is 6.92 Å². The Morgan fingerprint density at radius 1 is 0.789 bits per heavy atom. The zero-order chi connectivity index (χ0) is 27.3. The zero-order valence-electron chi connectivity index (χ0n) is 20.7. The van der Waals surface area contributed by atoms with Gasteiger partial charge in [0.25, 0.3) is 10.1 Å². The van der Waals surface area contributed by atoms with Gasteiger partial charge in [-0.25, -0.2) is 9.59 Å². The molecule has 4 rings (SSSR count). The van der Waals surface area contributed by atoms with Gasteiger partial charge in [0.2, 0.25) is 6.29 Å². The summed E-state index contributed by atoms with van der Waals surface area (Å²) in [6, 6.07) is 22.1. The molecule has 0 aromatic heterocycles. The summed E-state index contributed by atoms with van der Waals surface area (Å²) in [5, 5.41) is 0. The predicted octanol–water partition coefficient (Wildman–Crippen LogP) is 4.04. The van der Waals surface area contributed by atoms with Crippen molar-refractivity contribution in [2.75, 3.05) is 7.11 Å². The highest BCUT2D eigenvalue weighted by Crippen LogP contribution is 2.33. The molecular formula is C28H26O9S. The predicted molar refractivity (Wildman–Crippen MR) is 136 cm³/mol. The summed E-state index contributed by atoms with van der Waals surface area (Å²) in [4.78, 5) is 25.8. The smallest absolute Gasteiger partial charge is 0.338 e. The quantitative estimate of drug-likeness (QED) is 0.310. The Kier molecular flexibility index (Phi) is 8.26. The third-order valence-electron chi connectivity index (χ3n) is 5.75. The van der Waals surface area contributed by atoms with E-state index in [2.05, 4.69) is 6.58 Å². The van der Waals surface area contributed by atoms with Crippen LogP contribution in [0.3, 0.4) is 0 Å². The first-order valence-electron chi connectivity index (χ1n) is 11.6. The van der Waals surface area contributed by atoms with Gasteiger partial charge in [-0.15, -0.1) is 0 Å². The SMILES string of the molecule is C=C1O[C@H](OC)[C@H](OS(=O)(=O)c2ccc(C)cc2)[C@@H](OC(=O)c2ccccc2)[C@@H]1OC(=O)c1ccccc1. The van der Waals surface area contributed by atoms with Crippen molar-refractivity contribution in [1.29, 1.82) is 0 Å². The number of aryl methyl sites for hydroxylation is 1. The normalized spacial score (nSPS) is 21.3. The van der Waals surface area contributed by atoms with Crippen LogP contribution in [-0.4, -0.2) is 52.1 Å². The molecule has 0 amide bonds. The number of methoxy groups -OCH3 is 1. The second-order valence-corrected chi connectivity index (χ2v) is 10.0. The van der Waals surface area contributed by atoms with Gasteiger partial charge in [-0.1, -0.05) is 60.7 Å². The van der Waals surface area contributed by atoms with Crippen molar-refractivity contribution < 1.29 is 41.1 Å². The van der Waals surface area contributed by atoms with Crippen LogP contribution in [0.15, 0.2) is 102 Å². The highest BCUT2D eigenvalue weighted by Gasteiger charge is 2.51. The fraction of sp³-hybridized carbons (Fsp3) is 0.214. The van der Waals surface area contributed by atoms with Crippen molar-refractivity contribution in [3.05, 3.63) is 114 Å². The van der Waals surface area contributed by atoms with Gasteiger partial charge in [-0.05, 0) is 43.3 Å². The van der Waals surface area contributed by atoms with Crippen LogP contribution < -0.4 is 0 Å². The molecule has 1 fully saturated rings. The molecule has 1 saturated heterocycles. The molecule has 1 aliphatic heterocycles. The molecular weight excluding hydrogens is 512 g/mol. The third-order valence-corrected chi connectivity index (χ3v) is 7.08. The van der Waals surface area contributed by atoms with Crippen molar-refractivity contribution in [3.8, 4) is 0 Å². The molecule has 3 aromatic carbocycles. The lowest BCUT2D eigenvalue weighted by Crippen LogP contribution is -2.57. The number of esters is 2. The highest BCUT2D eigenvalue weighted by molar-refractivity contribution is 7.86. The molecule has 0 unspecified atom stereocenters. The number of rotatable bonds is 8. The van der Waals surface area contributed by atoms with Gasteiger partial charge in [0.15, 0.2) is 18.3 Å². The van der Waals surface area contributed by atoms with E-state index in [9.17, 15) is 18.0 Å². The Morgan fingerprint density at radius 3 is 1.84 bits per heavy atom. The Labute approximate surface area is 220 Å². The van der Waals surface area contributed by atoms with Crippen LogP contribution in [0.25, 0.3) is 0 Å². The maximum atomic E-state index is 13.2. The van der Waals surface area contributed by atoms with Crippen LogP contribution in [0.4, 0.5) is 0 Å². The van der Waals surface area contributed by atoms with E-state index in [0.717, 1.165) is 5.56 Å². The van der Waals surface area contributed by atoms with Gasteiger partial charge in [0.1, 0.15) is 5.76 Å². The molecule has 38 heavy (non-hydrogen) atoms. The van der Waals surface area contributed by atoms with Crippen LogP contribution >= 0.6 is 0 Å². The van der Waals surface area contributed by atoms with Crippen LogP contribution in [0.1, 0.15) is 26.3 Å². The molecule has 1 aliphatic rings. The first kappa shape index (κ1) is 27.1. The first-order valence-corrected chi connectivity index (χ1v) is 13.0. The lowest BCUT2D eigenvalue weighted by molar-refractivity contribution is -0.226. The average Bonchev–Trinajstić information content (AvgIpc) is 2.92. The Bertz CT molecular complexity index is 1390. The number of hydrogen-bond donors (Lipinski definition) is 0. The number of benzene rings is 3. The number of carbonyl (C=O) groups is 2. The zero-order valence-corrected chi connectivity index (χ0v) is 21.5. The van der Waals surface area contributed by atoms with E-state index < -0.39 is 46.7 Å². The van der Waals surface area contributed by atoms with E-state index in [4.69, 9.17) is 23.1 Å². The number of carbonyl (C=O) groups excluding carboxylic acids is 2. The summed E-state index contributed by atoms with van der Waals surface area (Å²) in [5.41, 5.74) is 1.25. The minimum Gasteiger partial charge on any atom is -0.463 e. The maximum absolute atomic E-state index is 13.2. The Morgan fingerprint density at radius 2 is 1.32 bits per heavy atom. The molecule has 0 aliphatic carbocycles. The molecule has 9 nitrogen and oxygen atoms in total. The largest absolute Gasteiger partial charge is 0.463 e. The van der Waals surface area contributed by atoms with Crippen molar-refractivity contribution >= 4 is 22.1 Å². The summed E-state index contributed by atoms with van der Waals surface area (Å²) in [5.74, 6) is -1.68. The average molecular weight is 539 g/mol. The molecule has 0 bridgehead atoms.